The van der Waals surface area contributed by atoms with Gasteiger partial charge < -0.3 is 16.8 Å². The number of alkyl halides is 4. The molecule has 1 aromatic rings. The third kappa shape index (κ3) is 6.93. The van der Waals surface area contributed by atoms with Gasteiger partial charge in [0, 0.05) is 6.42 Å². The van der Waals surface area contributed by atoms with Crippen LogP contribution in [0.4, 0.5) is 23.4 Å². The van der Waals surface area contributed by atoms with E-state index in [0.29, 0.717) is 25.8 Å². The number of hydrogen-bond acceptors (Lipinski definition) is 4. The second-order valence-corrected chi connectivity index (χ2v) is 4.70. The molecule has 8 nitrogen and oxygen atoms in total. The molecule has 23 heavy (non-hydrogen) atoms. The molecule has 0 fully saturated rings. The summed E-state index contributed by atoms with van der Waals surface area (Å²) < 4.78 is 49.3. The number of amidine groups is 1. The molecule has 0 atom stereocenters. The summed E-state index contributed by atoms with van der Waals surface area (Å²) >= 11 is 0. The van der Waals surface area contributed by atoms with Crippen LogP contribution in [0, 0.1) is 5.41 Å². The lowest BCUT2D eigenvalue weighted by Crippen LogP contribution is -2.32. The fourth-order valence-corrected chi connectivity index (χ4v) is 1.46. The molecule has 0 aromatic carbocycles. The Morgan fingerprint density at radius 3 is 2.70 bits per heavy atom. The first-order valence-electron chi connectivity index (χ1n) is 6.66. The van der Waals surface area contributed by atoms with E-state index in [1.54, 1.807) is 0 Å². The van der Waals surface area contributed by atoms with Crippen molar-refractivity contribution >= 4 is 17.6 Å². The van der Waals surface area contributed by atoms with Gasteiger partial charge in [-0.25, -0.2) is 13.8 Å². The smallest absolute Gasteiger partial charge is 0.326 e. The fraction of sp³-hybridized carbons (Fsp3) is 0.636. The van der Waals surface area contributed by atoms with Gasteiger partial charge in [0.15, 0.2) is 11.8 Å². The van der Waals surface area contributed by atoms with Crippen LogP contribution in [0.25, 0.3) is 0 Å². The SMILES string of the molecule is N=C(N)CCCCn1ncc(NC(N)=NCC(F)(F)C(F)F)n1. The molecule has 0 aliphatic carbocycles. The van der Waals surface area contributed by atoms with Gasteiger partial charge in [0.25, 0.3) is 0 Å². The number of hydrogen-bond donors (Lipinski definition) is 4. The molecule has 12 heteroatoms. The summed E-state index contributed by atoms with van der Waals surface area (Å²) in [5.41, 5.74) is 10.5. The van der Waals surface area contributed by atoms with Crippen molar-refractivity contribution in [3.63, 3.8) is 0 Å². The molecule has 130 valence electrons. The average Bonchev–Trinajstić information content (AvgIpc) is 2.88. The highest BCUT2D eigenvalue weighted by Crippen LogP contribution is 2.22. The zero-order valence-electron chi connectivity index (χ0n) is 12.1. The maximum absolute atomic E-state index is 12.7. The molecule has 0 unspecified atom stereocenters. The predicted octanol–water partition coefficient (Wildman–Crippen LogP) is 1.01. The van der Waals surface area contributed by atoms with Gasteiger partial charge in [-0.3, -0.25) is 5.41 Å². The third-order valence-corrected chi connectivity index (χ3v) is 2.63. The van der Waals surface area contributed by atoms with Crippen LogP contribution in [-0.2, 0) is 6.54 Å². The number of unbranched alkanes of at least 4 members (excludes halogenated alkanes) is 1. The van der Waals surface area contributed by atoms with Crippen molar-refractivity contribution < 1.29 is 17.6 Å². The van der Waals surface area contributed by atoms with Crippen LogP contribution in [0.2, 0.25) is 0 Å². The van der Waals surface area contributed by atoms with Crippen LogP contribution in [0.15, 0.2) is 11.2 Å². The van der Waals surface area contributed by atoms with Gasteiger partial charge in [0.1, 0.15) is 6.54 Å². The van der Waals surface area contributed by atoms with Gasteiger partial charge in [0.2, 0.25) is 0 Å². The number of nitrogens with one attached hydrogen (secondary N) is 2. The van der Waals surface area contributed by atoms with Gasteiger partial charge in [-0.05, 0) is 12.8 Å². The Morgan fingerprint density at radius 1 is 1.39 bits per heavy atom. The Hall–Kier alpha value is -2.40. The van der Waals surface area contributed by atoms with Gasteiger partial charge in [0.05, 0.1) is 18.6 Å². The van der Waals surface area contributed by atoms with Crippen molar-refractivity contribution in [2.75, 3.05) is 11.9 Å². The highest BCUT2D eigenvalue weighted by Gasteiger charge is 2.40. The minimum Gasteiger partial charge on any atom is -0.388 e. The van der Waals surface area contributed by atoms with Crippen LogP contribution in [0.1, 0.15) is 19.3 Å². The van der Waals surface area contributed by atoms with Crippen LogP contribution < -0.4 is 16.8 Å². The largest absolute Gasteiger partial charge is 0.388 e. The van der Waals surface area contributed by atoms with E-state index in [9.17, 15) is 17.6 Å². The molecule has 0 bridgehead atoms. The molecule has 0 spiro atoms. The van der Waals surface area contributed by atoms with Crippen LogP contribution >= 0.6 is 0 Å². The Morgan fingerprint density at radius 2 is 2.09 bits per heavy atom. The van der Waals surface area contributed by atoms with Crippen molar-refractivity contribution in [1.29, 1.82) is 5.41 Å². The van der Waals surface area contributed by atoms with E-state index in [0.717, 1.165) is 0 Å². The number of guanidine groups is 1. The first kappa shape index (κ1) is 18.6. The summed E-state index contributed by atoms with van der Waals surface area (Å²) in [6.45, 7) is -0.960. The average molecular weight is 338 g/mol. The summed E-state index contributed by atoms with van der Waals surface area (Å²) in [6, 6.07) is 0. The maximum atomic E-state index is 12.7. The number of aromatic nitrogens is 3. The number of rotatable bonds is 9. The quantitative estimate of drug-likeness (QED) is 0.231. The van der Waals surface area contributed by atoms with Crippen molar-refractivity contribution in [3.05, 3.63) is 6.20 Å². The molecule has 1 rings (SSSR count). The summed E-state index contributed by atoms with van der Waals surface area (Å²) in [4.78, 5) is 4.49. The first-order valence-corrected chi connectivity index (χ1v) is 6.66. The number of nitrogens with two attached hydrogens (primary N) is 2. The van der Waals surface area contributed by atoms with Crippen LogP contribution in [0.3, 0.4) is 0 Å². The molecular formula is C11H18F4N8. The van der Waals surface area contributed by atoms with Crippen molar-refractivity contribution in [2.24, 2.45) is 16.5 Å². The van der Waals surface area contributed by atoms with E-state index in [2.05, 4.69) is 20.5 Å². The molecular weight excluding hydrogens is 320 g/mol. The van der Waals surface area contributed by atoms with E-state index in [4.69, 9.17) is 16.9 Å². The summed E-state index contributed by atoms with van der Waals surface area (Å²) in [5, 5.41) is 17.3. The topological polar surface area (TPSA) is 131 Å². The van der Waals surface area contributed by atoms with Crippen molar-refractivity contribution in [3.8, 4) is 0 Å². The highest BCUT2D eigenvalue weighted by atomic mass is 19.3. The molecule has 6 N–H and O–H groups in total. The zero-order chi connectivity index (χ0) is 17.5. The minimum atomic E-state index is -4.24. The fourth-order valence-electron chi connectivity index (χ4n) is 1.46. The lowest BCUT2D eigenvalue weighted by atomic mass is 10.2. The standard InChI is InChI=1S/C11H18F4N8/c12-9(13)11(14,15)6-19-10(18)21-8-5-20-23(22-8)4-2-1-3-7(16)17/h5,9H,1-4,6H2,(H3,16,17)(H3,18,19,21,22). The van der Waals surface area contributed by atoms with Gasteiger partial charge in [-0.1, -0.05) is 0 Å². The third-order valence-electron chi connectivity index (χ3n) is 2.63. The monoisotopic (exact) mass is 338 g/mol. The minimum absolute atomic E-state index is 0.102. The number of anilines is 1. The Kier molecular flexibility index (Phi) is 6.72. The maximum Gasteiger partial charge on any atom is 0.326 e. The normalized spacial score (nSPS) is 12.7. The molecule has 0 saturated carbocycles. The van der Waals surface area contributed by atoms with E-state index in [-0.39, 0.29) is 11.7 Å². The van der Waals surface area contributed by atoms with Crippen molar-refractivity contribution in [2.45, 2.75) is 38.2 Å². The zero-order valence-corrected chi connectivity index (χ0v) is 12.1. The molecule has 0 amide bonds. The van der Waals surface area contributed by atoms with E-state index in [1.165, 1.54) is 11.0 Å². The second-order valence-electron chi connectivity index (χ2n) is 4.70. The molecule has 1 heterocycles. The van der Waals surface area contributed by atoms with Gasteiger partial charge >= 0.3 is 12.3 Å². The van der Waals surface area contributed by atoms with E-state index in [1.807, 2.05) is 0 Å². The Labute approximate surface area is 129 Å². The number of halogens is 4. The predicted molar refractivity (Wildman–Crippen MR) is 76.9 cm³/mol. The van der Waals surface area contributed by atoms with Crippen molar-refractivity contribution in [1.82, 2.24) is 15.0 Å². The molecule has 0 aliphatic heterocycles. The molecule has 1 aromatic heterocycles. The number of aryl methyl sites for hydroxylation is 1. The summed E-state index contributed by atoms with van der Waals surface area (Å²) in [5.74, 6) is -4.45. The Balaban J connectivity index is 2.44. The first-order chi connectivity index (χ1) is 10.7. The van der Waals surface area contributed by atoms with Crippen LogP contribution in [-0.4, -0.2) is 45.7 Å². The number of aliphatic imine (C=N–C) groups is 1. The summed E-state index contributed by atoms with van der Waals surface area (Å²) in [6.07, 6.45) is -0.651. The van der Waals surface area contributed by atoms with Gasteiger partial charge in [-0.2, -0.15) is 18.7 Å². The Bertz CT molecular complexity index is 542. The van der Waals surface area contributed by atoms with Crippen LogP contribution in [0.5, 0.6) is 0 Å². The lowest BCUT2D eigenvalue weighted by molar-refractivity contribution is -0.119. The molecule has 0 aliphatic rings. The lowest BCUT2D eigenvalue weighted by Gasteiger charge is -2.12. The molecule has 0 saturated heterocycles. The number of nitrogens with zero attached hydrogens (tertiary/aromatic N) is 4. The van der Waals surface area contributed by atoms with E-state index < -0.39 is 24.9 Å². The second kappa shape index (κ2) is 8.29. The molecule has 0 radical (unpaired) electrons. The summed E-state index contributed by atoms with van der Waals surface area (Å²) in [7, 11) is 0. The highest BCUT2D eigenvalue weighted by molar-refractivity contribution is 5.91. The van der Waals surface area contributed by atoms with E-state index >= 15 is 0 Å². The van der Waals surface area contributed by atoms with Gasteiger partial charge in [-0.15, -0.1) is 5.10 Å².